The first-order chi connectivity index (χ1) is 5.90. The Morgan fingerprint density at radius 3 is 3.33 bits per heavy atom. The quantitative estimate of drug-likeness (QED) is 0.630. The van der Waals surface area contributed by atoms with Gasteiger partial charge in [-0.1, -0.05) is 0 Å². The molecule has 0 unspecified atom stereocenters. The minimum absolute atomic E-state index is 0.467. The fraction of sp³-hybridized carbons (Fsp3) is 0.375. The molecule has 1 aromatic heterocycles. The average molecular weight is 165 g/mol. The Morgan fingerprint density at radius 1 is 1.58 bits per heavy atom. The van der Waals surface area contributed by atoms with E-state index in [1.165, 1.54) is 0 Å². The number of anilines is 1. The Bertz CT molecular complexity index is 288. The summed E-state index contributed by atoms with van der Waals surface area (Å²) in [6.45, 7) is 1.99. The lowest BCUT2D eigenvalue weighted by Crippen LogP contribution is -2.19. The number of pyridine rings is 1. The molecule has 2 heterocycles. The monoisotopic (exact) mass is 165 g/mol. The summed E-state index contributed by atoms with van der Waals surface area (Å²) in [6, 6.07) is 3.78. The first kappa shape index (κ1) is 7.36. The van der Waals surface area contributed by atoms with Gasteiger partial charge in [0.05, 0.1) is 12.2 Å². The fourth-order valence-corrected chi connectivity index (χ4v) is 1.17. The molecule has 3 N–H and O–H groups in total. The Labute approximate surface area is 70.7 Å². The van der Waals surface area contributed by atoms with Crippen molar-refractivity contribution >= 4 is 5.82 Å². The Kier molecular flexibility index (Phi) is 1.83. The van der Waals surface area contributed by atoms with Crippen LogP contribution in [-0.4, -0.2) is 18.1 Å². The van der Waals surface area contributed by atoms with E-state index in [1.54, 1.807) is 0 Å². The topological polar surface area (TPSA) is 60.2 Å². The molecule has 64 valence electrons. The van der Waals surface area contributed by atoms with Crippen molar-refractivity contribution in [3.63, 3.8) is 0 Å². The van der Waals surface area contributed by atoms with Gasteiger partial charge in [0.1, 0.15) is 6.61 Å². The van der Waals surface area contributed by atoms with E-state index in [0.717, 1.165) is 23.8 Å². The first-order valence-electron chi connectivity index (χ1n) is 3.97. The summed E-state index contributed by atoms with van der Waals surface area (Å²) in [5, 5.41) is 3.15. The van der Waals surface area contributed by atoms with E-state index in [4.69, 9.17) is 10.5 Å². The maximum Gasteiger partial charge on any atom is 0.169 e. The predicted octanol–water partition coefficient (Wildman–Crippen LogP) is 0.345. The third-order valence-electron chi connectivity index (χ3n) is 1.78. The largest absolute Gasteiger partial charge is 0.488 e. The molecule has 4 nitrogen and oxygen atoms in total. The van der Waals surface area contributed by atoms with Gasteiger partial charge in [0.15, 0.2) is 11.6 Å². The summed E-state index contributed by atoms with van der Waals surface area (Å²) < 4.78 is 5.36. The van der Waals surface area contributed by atoms with Crippen molar-refractivity contribution in [2.45, 2.75) is 6.54 Å². The summed E-state index contributed by atoms with van der Waals surface area (Å²) in [5.74, 6) is 1.63. The van der Waals surface area contributed by atoms with Gasteiger partial charge in [-0.15, -0.1) is 0 Å². The summed E-state index contributed by atoms with van der Waals surface area (Å²) in [7, 11) is 0. The van der Waals surface area contributed by atoms with Crippen LogP contribution in [0.4, 0.5) is 5.82 Å². The number of ether oxygens (including phenoxy) is 1. The van der Waals surface area contributed by atoms with E-state index in [9.17, 15) is 0 Å². The number of rotatable bonds is 1. The molecule has 4 heteroatoms. The molecule has 1 aliphatic heterocycles. The molecule has 0 spiro atoms. The van der Waals surface area contributed by atoms with E-state index in [2.05, 4.69) is 10.3 Å². The Hall–Kier alpha value is -1.29. The number of nitrogens with zero attached hydrogens (tertiary/aromatic N) is 1. The number of nitrogens with two attached hydrogens (primary N) is 1. The zero-order valence-electron chi connectivity index (χ0n) is 6.71. The van der Waals surface area contributed by atoms with Crippen molar-refractivity contribution in [2.24, 2.45) is 5.73 Å². The summed E-state index contributed by atoms with van der Waals surface area (Å²) in [6.07, 6.45) is 0. The summed E-state index contributed by atoms with van der Waals surface area (Å²) >= 11 is 0. The van der Waals surface area contributed by atoms with Crippen molar-refractivity contribution < 1.29 is 4.74 Å². The van der Waals surface area contributed by atoms with Crippen molar-refractivity contribution in [1.82, 2.24) is 4.98 Å². The van der Waals surface area contributed by atoms with Crippen LogP contribution in [0.2, 0.25) is 0 Å². The van der Waals surface area contributed by atoms with Crippen LogP contribution < -0.4 is 15.8 Å². The third-order valence-corrected chi connectivity index (χ3v) is 1.78. The fourth-order valence-electron chi connectivity index (χ4n) is 1.17. The number of aromatic nitrogens is 1. The molecule has 0 fully saturated rings. The van der Waals surface area contributed by atoms with Crippen LogP contribution in [0.25, 0.3) is 0 Å². The molecule has 0 aliphatic carbocycles. The molecule has 0 radical (unpaired) electrons. The van der Waals surface area contributed by atoms with Crippen LogP contribution in [0.1, 0.15) is 5.69 Å². The molecule has 0 aromatic carbocycles. The van der Waals surface area contributed by atoms with Crippen LogP contribution in [0.5, 0.6) is 5.75 Å². The Morgan fingerprint density at radius 2 is 2.50 bits per heavy atom. The highest BCUT2D eigenvalue weighted by Gasteiger charge is 2.10. The van der Waals surface area contributed by atoms with E-state index >= 15 is 0 Å². The summed E-state index contributed by atoms with van der Waals surface area (Å²) in [5.41, 5.74) is 6.33. The van der Waals surface area contributed by atoms with Gasteiger partial charge >= 0.3 is 0 Å². The molecular weight excluding hydrogens is 154 g/mol. The van der Waals surface area contributed by atoms with Crippen LogP contribution in [0, 0.1) is 0 Å². The molecule has 1 aliphatic rings. The molecular formula is C8H11N3O. The van der Waals surface area contributed by atoms with Crippen LogP contribution >= 0.6 is 0 Å². The van der Waals surface area contributed by atoms with Gasteiger partial charge in [0, 0.05) is 6.54 Å². The predicted molar refractivity (Wildman–Crippen MR) is 46.1 cm³/mol. The van der Waals surface area contributed by atoms with E-state index in [1.807, 2.05) is 12.1 Å². The van der Waals surface area contributed by atoms with Gasteiger partial charge in [0.2, 0.25) is 0 Å². The third kappa shape index (κ3) is 1.21. The van der Waals surface area contributed by atoms with Crippen molar-refractivity contribution in [1.29, 1.82) is 0 Å². The van der Waals surface area contributed by atoms with Crippen LogP contribution in [0.3, 0.4) is 0 Å². The van der Waals surface area contributed by atoms with Gasteiger partial charge in [0.25, 0.3) is 0 Å². The van der Waals surface area contributed by atoms with Gasteiger partial charge < -0.3 is 15.8 Å². The molecule has 0 amide bonds. The molecule has 12 heavy (non-hydrogen) atoms. The lowest BCUT2D eigenvalue weighted by Gasteiger charge is -2.18. The van der Waals surface area contributed by atoms with Gasteiger partial charge in [-0.3, -0.25) is 0 Å². The molecule has 0 bridgehead atoms. The lowest BCUT2D eigenvalue weighted by atomic mass is 10.3. The highest BCUT2D eigenvalue weighted by atomic mass is 16.5. The lowest BCUT2D eigenvalue weighted by molar-refractivity contribution is 0.321. The number of fused-ring (bicyclic) bond motifs is 1. The molecule has 1 aromatic rings. The van der Waals surface area contributed by atoms with E-state index in [0.29, 0.717) is 13.2 Å². The molecule has 0 saturated carbocycles. The standard InChI is InChI=1S/C8H11N3O/c9-5-6-1-2-7-8(11-6)10-3-4-12-7/h1-2H,3-5,9H2,(H,10,11). The van der Waals surface area contributed by atoms with Gasteiger partial charge in [-0.05, 0) is 12.1 Å². The second-order valence-electron chi connectivity index (χ2n) is 2.63. The number of hydrogen-bond acceptors (Lipinski definition) is 4. The van der Waals surface area contributed by atoms with Crippen molar-refractivity contribution in [3.05, 3.63) is 17.8 Å². The zero-order chi connectivity index (χ0) is 8.39. The van der Waals surface area contributed by atoms with Crippen molar-refractivity contribution in [3.8, 4) is 5.75 Å². The second kappa shape index (κ2) is 2.98. The molecule has 2 rings (SSSR count). The van der Waals surface area contributed by atoms with E-state index < -0.39 is 0 Å². The Balaban J connectivity index is 2.36. The maximum absolute atomic E-state index is 5.45. The first-order valence-corrected chi connectivity index (χ1v) is 3.97. The van der Waals surface area contributed by atoms with Crippen molar-refractivity contribution in [2.75, 3.05) is 18.5 Å². The van der Waals surface area contributed by atoms with Gasteiger partial charge in [-0.2, -0.15) is 0 Å². The SMILES string of the molecule is NCc1ccc2c(n1)NCCO2. The van der Waals surface area contributed by atoms with E-state index in [-0.39, 0.29) is 0 Å². The average Bonchev–Trinajstić information content (AvgIpc) is 2.17. The highest BCUT2D eigenvalue weighted by Crippen LogP contribution is 2.24. The molecule has 0 atom stereocenters. The maximum atomic E-state index is 5.45. The molecule has 0 saturated heterocycles. The van der Waals surface area contributed by atoms with Gasteiger partial charge in [-0.25, -0.2) is 4.98 Å². The smallest absolute Gasteiger partial charge is 0.169 e. The van der Waals surface area contributed by atoms with Crippen LogP contribution in [-0.2, 0) is 6.54 Å². The highest BCUT2D eigenvalue weighted by molar-refractivity contribution is 5.51. The zero-order valence-corrected chi connectivity index (χ0v) is 6.71. The number of hydrogen-bond donors (Lipinski definition) is 2. The van der Waals surface area contributed by atoms with Crippen LogP contribution in [0.15, 0.2) is 12.1 Å². The number of nitrogens with one attached hydrogen (secondary N) is 1. The summed E-state index contributed by atoms with van der Waals surface area (Å²) in [4.78, 5) is 4.27. The normalized spacial score (nSPS) is 14.4. The minimum atomic E-state index is 0.467. The minimum Gasteiger partial charge on any atom is -0.488 e. The second-order valence-corrected chi connectivity index (χ2v) is 2.63.